The van der Waals surface area contributed by atoms with Crippen molar-refractivity contribution in [2.24, 2.45) is 0 Å². The fraction of sp³-hybridized carbons (Fsp3) is 0.333. The van der Waals surface area contributed by atoms with Gasteiger partial charge in [0.25, 0.3) is 0 Å². The van der Waals surface area contributed by atoms with Gasteiger partial charge in [-0.05, 0) is 24.0 Å². The van der Waals surface area contributed by atoms with Crippen LogP contribution in [-0.4, -0.2) is 22.4 Å². The molecule has 74 valence electrons. The summed E-state index contributed by atoms with van der Waals surface area (Å²) in [5, 5.41) is 19.3. The second-order valence-electron chi connectivity index (χ2n) is 3.62. The standard InChI is InChI=1S/C12H14O2/c13-11-8-4-7-10(12(11)14)9-5-2-1-3-6-9/h1-3,5-7,11-14H,4,8H2/t11-,12+/m1/s1. The van der Waals surface area contributed by atoms with Crippen LogP contribution in [0.3, 0.4) is 0 Å². The van der Waals surface area contributed by atoms with Crippen molar-refractivity contribution in [3.8, 4) is 0 Å². The summed E-state index contributed by atoms with van der Waals surface area (Å²) in [5.41, 5.74) is 1.85. The molecule has 0 amide bonds. The van der Waals surface area contributed by atoms with Gasteiger partial charge in [0, 0.05) is 0 Å². The Morgan fingerprint density at radius 1 is 1.07 bits per heavy atom. The zero-order valence-electron chi connectivity index (χ0n) is 7.93. The Morgan fingerprint density at radius 2 is 1.79 bits per heavy atom. The Labute approximate surface area is 83.5 Å². The fourth-order valence-electron chi connectivity index (χ4n) is 1.81. The topological polar surface area (TPSA) is 40.5 Å². The van der Waals surface area contributed by atoms with Crippen LogP contribution in [-0.2, 0) is 0 Å². The van der Waals surface area contributed by atoms with Gasteiger partial charge in [-0.25, -0.2) is 0 Å². The average molecular weight is 190 g/mol. The number of aliphatic hydroxyl groups is 2. The zero-order chi connectivity index (χ0) is 9.97. The summed E-state index contributed by atoms with van der Waals surface area (Å²) in [7, 11) is 0. The van der Waals surface area contributed by atoms with Gasteiger partial charge in [0.15, 0.2) is 0 Å². The predicted octanol–water partition coefficient (Wildman–Crippen LogP) is 1.59. The third-order valence-electron chi connectivity index (χ3n) is 2.62. The van der Waals surface area contributed by atoms with Crippen LogP contribution < -0.4 is 0 Å². The van der Waals surface area contributed by atoms with Gasteiger partial charge < -0.3 is 10.2 Å². The van der Waals surface area contributed by atoms with E-state index in [-0.39, 0.29) is 0 Å². The van der Waals surface area contributed by atoms with E-state index in [9.17, 15) is 10.2 Å². The molecule has 0 aromatic heterocycles. The number of hydrogen-bond acceptors (Lipinski definition) is 2. The van der Waals surface area contributed by atoms with E-state index >= 15 is 0 Å². The molecule has 2 rings (SSSR count). The summed E-state index contributed by atoms with van der Waals surface area (Å²) in [6, 6.07) is 9.71. The molecule has 0 saturated carbocycles. The molecule has 0 bridgehead atoms. The highest BCUT2D eigenvalue weighted by Crippen LogP contribution is 2.27. The first-order chi connectivity index (χ1) is 6.79. The van der Waals surface area contributed by atoms with Gasteiger partial charge in [0.2, 0.25) is 0 Å². The lowest BCUT2D eigenvalue weighted by Crippen LogP contribution is -2.29. The monoisotopic (exact) mass is 190 g/mol. The van der Waals surface area contributed by atoms with Crippen molar-refractivity contribution in [2.45, 2.75) is 25.0 Å². The predicted molar refractivity (Wildman–Crippen MR) is 55.7 cm³/mol. The molecule has 2 nitrogen and oxygen atoms in total. The number of rotatable bonds is 1. The normalized spacial score (nSPS) is 27.1. The first kappa shape index (κ1) is 9.44. The van der Waals surface area contributed by atoms with Gasteiger partial charge >= 0.3 is 0 Å². The Balaban J connectivity index is 2.30. The van der Waals surface area contributed by atoms with Crippen molar-refractivity contribution in [2.75, 3.05) is 0 Å². The number of benzene rings is 1. The minimum absolute atomic E-state index is 0.616. The lowest BCUT2D eigenvalue weighted by Gasteiger charge is -2.25. The summed E-state index contributed by atoms with van der Waals surface area (Å²) >= 11 is 0. The van der Waals surface area contributed by atoms with E-state index in [0.29, 0.717) is 6.42 Å². The van der Waals surface area contributed by atoms with Crippen LogP contribution in [0.5, 0.6) is 0 Å². The van der Waals surface area contributed by atoms with Crippen LogP contribution in [0.4, 0.5) is 0 Å². The van der Waals surface area contributed by atoms with Crippen LogP contribution in [0, 0.1) is 0 Å². The highest BCUT2D eigenvalue weighted by molar-refractivity contribution is 5.69. The van der Waals surface area contributed by atoms with E-state index in [2.05, 4.69) is 0 Å². The molecule has 1 aromatic rings. The summed E-state index contributed by atoms with van der Waals surface area (Å²) in [6.07, 6.45) is 2.15. The Kier molecular flexibility index (Phi) is 2.66. The minimum Gasteiger partial charge on any atom is -0.390 e. The van der Waals surface area contributed by atoms with E-state index < -0.39 is 12.2 Å². The van der Waals surface area contributed by atoms with Crippen molar-refractivity contribution in [1.82, 2.24) is 0 Å². The molecule has 0 saturated heterocycles. The number of aliphatic hydroxyl groups excluding tert-OH is 2. The first-order valence-corrected chi connectivity index (χ1v) is 4.90. The Hall–Kier alpha value is -1.12. The van der Waals surface area contributed by atoms with E-state index in [4.69, 9.17) is 0 Å². The molecule has 0 fully saturated rings. The molecule has 1 aliphatic rings. The van der Waals surface area contributed by atoms with Crippen molar-refractivity contribution >= 4 is 5.57 Å². The first-order valence-electron chi connectivity index (χ1n) is 4.90. The molecule has 2 N–H and O–H groups in total. The number of hydrogen-bond donors (Lipinski definition) is 2. The highest BCUT2D eigenvalue weighted by atomic mass is 16.3. The zero-order valence-corrected chi connectivity index (χ0v) is 7.93. The van der Waals surface area contributed by atoms with Crippen LogP contribution in [0.25, 0.3) is 5.57 Å². The second kappa shape index (κ2) is 3.95. The molecular weight excluding hydrogens is 176 g/mol. The van der Waals surface area contributed by atoms with Crippen molar-refractivity contribution in [3.63, 3.8) is 0 Å². The molecule has 0 aliphatic heterocycles. The van der Waals surface area contributed by atoms with Crippen molar-refractivity contribution in [3.05, 3.63) is 42.0 Å². The smallest absolute Gasteiger partial charge is 0.105 e. The molecule has 1 aromatic carbocycles. The third-order valence-corrected chi connectivity index (χ3v) is 2.62. The molecule has 0 heterocycles. The summed E-state index contributed by atoms with van der Waals surface area (Å²) in [4.78, 5) is 0. The Morgan fingerprint density at radius 3 is 2.50 bits per heavy atom. The van der Waals surface area contributed by atoms with Gasteiger partial charge in [-0.1, -0.05) is 36.4 Å². The molecule has 14 heavy (non-hydrogen) atoms. The minimum atomic E-state index is -0.730. The van der Waals surface area contributed by atoms with E-state index in [0.717, 1.165) is 17.6 Å². The summed E-state index contributed by atoms with van der Waals surface area (Å²) in [5.74, 6) is 0. The lowest BCUT2D eigenvalue weighted by molar-refractivity contribution is 0.0453. The summed E-state index contributed by atoms with van der Waals surface area (Å²) in [6.45, 7) is 0. The third kappa shape index (κ3) is 1.72. The molecule has 0 radical (unpaired) electrons. The molecule has 2 atom stereocenters. The van der Waals surface area contributed by atoms with Gasteiger partial charge in [0.05, 0.1) is 6.10 Å². The van der Waals surface area contributed by atoms with Gasteiger partial charge in [-0.2, -0.15) is 0 Å². The fourth-order valence-corrected chi connectivity index (χ4v) is 1.81. The van der Waals surface area contributed by atoms with Crippen molar-refractivity contribution in [1.29, 1.82) is 0 Å². The van der Waals surface area contributed by atoms with Gasteiger partial charge in [-0.15, -0.1) is 0 Å². The maximum absolute atomic E-state index is 9.77. The lowest BCUT2D eigenvalue weighted by atomic mass is 9.89. The Bertz CT molecular complexity index is 329. The summed E-state index contributed by atoms with van der Waals surface area (Å²) < 4.78 is 0. The molecular formula is C12H14O2. The number of allylic oxidation sites excluding steroid dienone is 1. The highest BCUT2D eigenvalue weighted by Gasteiger charge is 2.24. The molecule has 2 heteroatoms. The van der Waals surface area contributed by atoms with Crippen molar-refractivity contribution < 1.29 is 10.2 Å². The molecule has 0 unspecified atom stereocenters. The van der Waals surface area contributed by atoms with Gasteiger partial charge in [-0.3, -0.25) is 0 Å². The van der Waals surface area contributed by atoms with E-state index in [1.807, 2.05) is 36.4 Å². The van der Waals surface area contributed by atoms with Crippen LogP contribution in [0.2, 0.25) is 0 Å². The SMILES string of the molecule is O[C@@H]1CCC=C(c2ccccc2)[C@@H]1O. The van der Waals surface area contributed by atoms with Gasteiger partial charge in [0.1, 0.15) is 6.10 Å². The average Bonchev–Trinajstić information content (AvgIpc) is 2.23. The second-order valence-corrected chi connectivity index (χ2v) is 3.62. The maximum atomic E-state index is 9.77. The van der Waals surface area contributed by atoms with E-state index in [1.54, 1.807) is 0 Å². The van der Waals surface area contributed by atoms with Crippen LogP contribution in [0.15, 0.2) is 36.4 Å². The molecule has 0 spiro atoms. The van der Waals surface area contributed by atoms with E-state index in [1.165, 1.54) is 0 Å². The quantitative estimate of drug-likeness (QED) is 0.706. The molecule has 1 aliphatic carbocycles. The largest absolute Gasteiger partial charge is 0.390 e. The maximum Gasteiger partial charge on any atom is 0.105 e. The van der Waals surface area contributed by atoms with Crippen LogP contribution in [0.1, 0.15) is 18.4 Å². The van der Waals surface area contributed by atoms with Crippen LogP contribution >= 0.6 is 0 Å².